The largest absolute Gasteiger partial charge is 0.483 e. The van der Waals surface area contributed by atoms with Crippen molar-refractivity contribution in [2.75, 3.05) is 6.61 Å². The molecule has 1 aliphatic heterocycles. The van der Waals surface area contributed by atoms with E-state index in [0.717, 1.165) is 24.0 Å². The van der Waals surface area contributed by atoms with Gasteiger partial charge in [0.25, 0.3) is 5.72 Å². The number of aryl methyl sites for hydroxylation is 1. The number of hydrogen-bond donors (Lipinski definition) is 2. The summed E-state index contributed by atoms with van der Waals surface area (Å²) in [5.74, 6) is 1.32. The van der Waals surface area contributed by atoms with Crippen molar-refractivity contribution >= 4 is 17.1 Å². The van der Waals surface area contributed by atoms with Crippen LogP contribution < -0.4 is 15.2 Å². The first-order valence-electron chi connectivity index (χ1n) is 9.72. The number of hydrogen-bond acceptors (Lipinski definition) is 7. The van der Waals surface area contributed by atoms with Gasteiger partial charge < -0.3 is 9.47 Å². The number of H-pyrrole nitrogens is 1. The quantitative estimate of drug-likeness (QED) is 0.351. The summed E-state index contributed by atoms with van der Waals surface area (Å²) in [5, 5.41) is 13.9. The molecule has 150 valence electrons. The SMILES string of the molecule is CCCCCc1ccccc1C(=S)c1cccc2c1OC(N)(c1nn[nH]n1)CO2. The Bertz CT molecular complexity index is 1010. The number of thiocarbonyl (C=S) groups is 1. The summed E-state index contributed by atoms with van der Waals surface area (Å²) in [7, 11) is 0. The lowest BCUT2D eigenvalue weighted by Crippen LogP contribution is -2.51. The average Bonchev–Trinajstić information content (AvgIpc) is 3.29. The molecule has 3 N–H and O–H groups in total. The zero-order chi connectivity index (χ0) is 20.3. The monoisotopic (exact) mass is 409 g/mol. The summed E-state index contributed by atoms with van der Waals surface area (Å²) in [6, 6.07) is 13.9. The summed E-state index contributed by atoms with van der Waals surface area (Å²) in [4.78, 5) is 0.704. The van der Waals surface area contributed by atoms with Crippen LogP contribution in [0.5, 0.6) is 11.5 Å². The van der Waals surface area contributed by atoms with Crippen LogP contribution in [0.3, 0.4) is 0 Å². The minimum absolute atomic E-state index is 0.0728. The highest BCUT2D eigenvalue weighted by Gasteiger charge is 2.41. The van der Waals surface area contributed by atoms with Gasteiger partial charge in [0.1, 0.15) is 6.61 Å². The molecule has 0 aliphatic carbocycles. The van der Waals surface area contributed by atoms with Crippen molar-refractivity contribution in [3.05, 3.63) is 65.0 Å². The van der Waals surface area contributed by atoms with Gasteiger partial charge in [0.05, 0.1) is 4.86 Å². The fourth-order valence-corrected chi connectivity index (χ4v) is 3.79. The van der Waals surface area contributed by atoms with Gasteiger partial charge in [-0.3, -0.25) is 5.73 Å². The van der Waals surface area contributed by atoms with Gasteiger partial charge in [-0.15, -0.1) is 10.2 Å². The van der Waals surface area contributed by atoms with Gasteiger partial charge >= 0.3 is 0 Å². The Morgan fingerprint density at radius 1 is 1.17 bits per heavy atom. The van der Waals surface area contributed by atoms with Gasteiger partial charge in [-0.1, -0.05) is 62.3 Å². The second-order valence-electron chi connectivity index (χ2n) is 7.09. The van der Waals surface area contributed by atoms with Gasteiger partial charge in [0.15, 0.2) is 11.5 Å². The van der Waals surface area contributed by atoms with E-state index in [9.17, 15) is 0 Å². The zero-order valence-electron chi connectivity index (χ0n) is 16.2. The van der Waals surface area contributed by atoms with Crippen molar-refractivity contribution in [3.63, 3.8) is 0 Å². The number of fused-ring (bicyclic) bond motifs is 1. The molecule has 1 aliphatic rings. The second-order valence-corrected chi connectivity index (χ2v) is 7.50. The molecule has 0 saturated heterocycles. The molecule has 0 amide bonds. The Labute approximate surface area is 174 Å². The molecule has 2 aromatic carbocycles. The van der Waals surface area contributed by atoms with Crippen LogP contribution in [-0.2, 0) is 12.1 Å². The number of benzene rings is 2. The number of nitrogens with two attached hydrogens (primary N) is 1. The van der Waals surface area contributed by atoms with E-state index in [0.29, 0.717) is 16.4 Å². The molecule has 7 nitrogen and oxygen atoms in total. The van der Waals surface area contributed by atoms with E-state index < -0.39 is 5.72 Å². The number of nitrogens with one attached hydrogen (secondary N) is 1. The Morgan fingerprint density at radius 2 is 2.00 bits per heavy atom. The summed E-state index contributed by atoms with van der Waals surface area (Å²) in [6.45, 7) is 2.27. The molecule has 0 bridgehead atoms. The lowest BCUT2D eigenvalue weighted by molar-refractivity contribution is -0.0149. The minimum atomic E-state index is -1.34. The summed E-state index contributed by atoms with van der Waals surface area (Å²) in [5.41, 5.74) is 8.07. The van der Waals surface area contributed by atoms with Crippen LogP contribution in [0, 0.1) is 0 Å². The van der Waals surface area contributed by atoms with Crippen molar-refractivity contribution in [3.8, 4) is 11.5 Å². The lowest BCUT2D eigenvalue weighted by atomic mass is 9.95. The van der Waals surface area contributed by atoms with Crippen LogP contribution in [0.25, 0.3) is 0 Å². The maximum absolute atomic E-state index is 6.38. The first-order chi connectivity index (χ1) is 14.1. The van der Waals surface area contributed by atoms with E-state index in [1.165, 1.54) is 18.4 Å². The van der Waals surface area contributed by atoms with Gasteiger partial charge in [-0.2, -0.15) is 5.21 Å². The number of rotatable bonds is 7. The molecular weight excluding hydrogens is 386 g/mol. The summed E-state index contributed by atoms with van der Waals surface area (Å²) < 4.78 is 12.0. The molecule has 2 heterocycles. The predicted molar refractivity (Wildman–Crippen MR) is 113 cm³/mol. The van der Waals surface area contributed by atoms with Crippen LogP contribution in [0.1, 0.15) is 48.7 Å². The molecule has 1 unspecified atom stereocenters. The first kappa shape index (κ1) is 19.5. The molecule has 0 radical (unpaired) electrons. The molecule has 8 heteroatoms. The van der Waals surface area contributed by atoms with E-state index in [1.54, 1.807) is 0 Å². The average molecular weight is 410 g/mol. The van der Waals surface area contributed by atoms with Crippen LogP contribution in [0.4, 0.5) is 0 Å². The molecule has 4 rings (SSSR count). The van der Waals surface area contributed by atoms with E-state index in [4.69, 9.17) is 27.4 Å². The lowest BCUT2D eigenvalue weighted by Gasteiger charge is -2.33. The third kappa shape index (κ3) is 3.86. The third-order valence-electron chi connectivity index (χ3n) is 4.99. The number of unbranched alkanes of at least 4 members (excludes halogenated alkanes) is 2. The number of aromatic amines is 1. The van der Waals surface area contributed by atoms with Gasteiger partial charge in [-0.25, -0.2) is 0 Å². The highest BCUT2D eigenvalue weighted by atomic mass is 32.1. The van der Waals surface area contributed by atoms with Crippen LogP contribution in [0.15, 0.2) is 42.5 Å². The molecule has 1 atom stereocenters. The van der Waals surface area contributed by atoms with Crippen molar-refractivity contribution in [2.45, 2.75) is 38.3 Å². The maximum atomic E-state index is 6.38. The number of tetrazole rings is 1. The highest BCUT2D eigenvalue weighted by Crippen LogP contribution is 2.40. The third-order valence-corrected chi connectivity index (χ3v) is 5.43. The van der Waals surface area contributed by atoms with Gasteiger partial charge in [0, 0.05) is 5.56 Å². The smallest absolute Gasteiger partial charge is 0.257 e. The number of ether oxygens (including phenoxy) is 2. The topological polar surface area (TPSA) is 98.9 Å². The second kappa shape index (κ2) is 8.26. The molecule has 29 heavy (non-hydrogen) atoms. The zero-order valence-corrected chi connectivity index (χ0v) is 17.0. The van der Waals surface area contributed by atoms with Crippen molar-refractivity contribution in [1.82, 2.24) is 20.6 Å². The van der Waals surface area contributed by atoms with Gasteiger partial charge in [-0.05, 0) is 41.3 Å². The Kier molecular flexibility index (Phi) is 5.55. The van der Waals surface area contributed by atoms with E-state index in [1.807, 2.05) is 24.3 Å². The van der Waals surface area contributed by atoms with Crippen molar-refractivity contribution < 1.29 is 9.47 Å². The summed E-state index contributed by atoms with van der Waals surface area (Å²) in [6.07, 6.45) is 4.49. The number of para-hydroxylation sites is 1. The molecule has 0 spiro atoms. The fraction of sp³-hybridized carbons (Fsp3) is 0.333. The molecule has 0 fully saturated rings. The summed E-state index contributed by atoms with van der Waals surface area (Å²) >= 11 is 5.89. The van der Waals surface area contributed by atoms with Crippen LogP contribution in [-0.4, -0.2) is 32.1 Å². The molecular formula is C21H23N5O2S. The first-order valence-corrected chi connectivity index (χ1v) is 10.1. The maximum Gasteiger partial charge on any atom is 0.257 e. The molecule has 1 aromatic heterocycles. The van der Waals surface area contributed by atoms with E-state index >= 15 is 0 Å². The standard InChI is InChI=1S/C21H23N5O2S/c1-2-3-4-8-14-9-5-6-10-15(14)19(29)16-11-7-12-17-18(16)28-21(22,13-27-17)20-23-25-26-24-20/h5-7,9-12H,2-4,8,13,22H2,1H3,(H,23,24,25,26). The minimum Gasteiger partial charge on any atom is -0.483 e. The molecule has 3 aromatic rings. The number of aromatic nitrogens is 4. The highest BCUT2D eigenvalue weighted by molar-refractivity contribution is 7.81. The Balaban J connectivity index is 1.69. The van der Waals surface area contributed by atoms with Crippen LogP contribution in [0.2, 0.25) is 0 Å². The molecule has 0 saturated carbocycles. The Morgan fingerprint density at radius 3 is 2.79 bits per heavy atom. The van der Waals surface area contributed by atoms with Gasteiger partial charge in [0.2, 0.25) is 5.82 Å². The van der Waals surface area contributed by atoms with E-state index in [-0.39, 0.29) is 12.4 Å². The normalized spacial score (nSPS) is 17.9. The van der Waals surface area contributed by atoms with Crippen molar-refractivity contribution in [2.24, 2.45) is 5.73 Å². The van der Waals surface area contributed by atoms with Crippen molar-refractivity contribution in [1.29, 1.82) is 0 Å². The number of nitrogens with zero attached hydrogens (tertiary/aromatic N) is 3. The Hall–Kier alpha value is -2.84. The fourth-order valence-electron chi connectivity index (χ4n) is 3.43. The van der Waals surface area contributed by atoms with Crippen LogP contribution >= 0.6 is 12.2 Å². The van der Waals surface area contributed by atoms with E-state index in [2.05, 4.69) is 45.7 Å². The predicted octanol–water partition coefficient (Wildman–Crippen LogP) is 3.28.